The van der Waals surface area contributed by atoms with E-state index in [1.165, 1.54) is 44.5 Å². The number of hydrogen-bond donors (Lipinski definition) is 1. The van der Waals surface area contributed by atoms with E-state index in [0.717, 1.165) is 19.4 Å². The monoisotopic (exact) mass is 775 g/mol. The Bertz CT molecular complexity index is 1350. The average molecular weight is 775 g/mol. The lowest BCUT2D eigenvalue weighted by molar-refractivity contribution is -0.0406. The molecule has 0 bridgehead atoms. The molecule has 1 N–H and O–H groups in total. The van der Waals surface area contributed by atoms with E-state index in [1.807, 2.05) is 27.7 Å². The normalized spacial score (nSPS) is 11.5. The highest BCUT2D eigenvalue weighted by molar-refractivity contribution is 5.77. The minimum Gasteiger partial charge on any atom is -0.388 e. The third-order valence-corrected chi connectivity index (χ3v) is 8.01. The standard InChI is InChI=1S/2C13H10.C10H22O3.C9H20O4.2C2H6/c2*1-3-7-12-10(5-1)9-11-6-2-4-8-13(11)12;1-10(2,3)9-13-8-7-12-6-5-11-4;1-9(2,10)8-13-7-6-12-5-4-11-3;2*1-2/h2*1-8H,9H2;5-9H2,1-4H3;10H,4-8H2,1-3H3;2*1-2H3. The molecule has 2 aliphatic carbocycles. The van der Waals surface area contributed by atoms with Gasteiger partial charge < -0.3 is 33.5 Å². The summed E-state index contributed by atoms with van der Waals surface area (Å²) in [5, 5.41) is 9.27. The molecule has 0 heterocycles. The Kier molecular flexibility index (Phi) is 26.9. The van der Waals surface area contributed by atoms with Gasteiger partial charge in [0, 0.05) is 14.2 Å². The third kappa shape index (κ3) is 21.2. The van der Waals surface area contributed by atoms with E-state index in [1.54, 1.807) is 28.1 Å². The Balaban J connectivity index is 0.000000362. The number of benzene rings is 4. The molecule has 56 heavy (non-hydrogen) atoms. The minimum absolute atomic E-state index is 0.243. The summed E-state index contributed by atoms with van der Waals surface area (Å²) < 4.78 is 30.6. The molecule has 312 valence electrons. The van der Waals surface area contributed by atoms with Crippen molar-refractivity contribution in [3.05, 3.63) is 119 Å². The Morgan fingerprint density at radius 2 is 0.679 bits per heavy atom. The summed E-state index contributed by atoms with van der Waals surface area (Å²) in [4.78, 5) is 0. The van der Waals surface area contributed by atoms with Gasteiger partial charge in [-0.1, -0.05) is 146 Å². The molecule has 7 heteroatoms. The Morgan fingerprint density at radius 1 is 0.411 bits per heavy atom. The summed E-state index contributed by atoms with van der Waals surface area (Å²) in [6, 6.07) is 34.6. The third-order valence-electron chi connectivity index (χ3n) is 8.01. The molecular formula is C49H74O7. The van der Waals surface area contributed by atoms with Crippen LogP contribution in [0.25, 0.3) is 22.3 Å². The topological polar surface area (TPSA) is 75.6 Å². The van der Waals surface area contributed by atoms with Crippen LogP contribution in [0.3, 0.4) is 0 Å². The molecule has 0 fully saturated rings. The predicted octanol–water partition coefficient (Wildman–Crippen LogP) is 10.7. The Labute approximate surface area is 340 Å². The second-order valence-corrected chi connectivity index (χ2v) is 14.7. The highest BCUT2D eigenvalue weighted by Crippen LogP contribution is 2.36. The van der Waals surface area contributed by atoms with Crippen LogP contribution in [0.5, 0.6) is 0 Å². The van der Waals surface area contributed by atoms with E-state index in [0.29, 0.717) is 59.5 Å². The van der Waals surface area contributed by atoms with Gasteiger partial charge in [-0.05, 0) is 76.6 Å². The molecule has 0 saturated heterocycles. The summed E-state index contributed by atoms with van der Waals surface area (Å²) in [7, 11) is 3.30. The number of aliphatic hydroxyl groups is 1. The molecule has 0 unspecified atom stereocenters. The molecule has 0 spiro atoms. The number of methoxy groups -OCH3 is 2. The number of ether oxygens (including phenoxy) is 6. The van der Waals surface area contributed by atoms with Gasteiger partial charge in [-0.15, -0.1) is 0 Å². The molecule has 4 aromatic carbocycles. The van der Waals surface area contributed by atoms with Crippen LogP contribution in [0.2, 0.25) is 0 Å². The zero-order chi connectivity index (χ0) is 41.7. The smallest absolute Gasteiger partial charge is 0.0824 e. The SMILES string of the molecule is CC.CC.COCCOCCOCC(C)(C)C.COCCOCCOCC(C)(C)O.c1ccc2c(c1)Cc1ccccc1-2.c1ccc2c(c1)Cc1ccccc1-2. The minimum atomic E-state index is -0.757. The van der Waals surface area contributed by atoms with Crippen LogP contribution in [-0.4, -0.2) is 91.0 Å². The fourth-order valence-electron chi connectivity index (χ4n) is 5.58. The van der Waals surface area contributed by atoms with Crippen LogP contribution in [0, 0.1) is 5.41 Å². The van der Waals surface area contributed by atoms with Crippen molar-refractivity contribution >= 4 is 0 Å². The molecule has 0 atom stereocenters. The zero-order valence-corrected chi connectivity index (χ0v) is 36.6. The largest absolute Gasteiger partial charge is 0.388 e. The second kappa shape index (κ2) is 29.8. The molecule has 0 amide bonds. The van der Waals surface area contributed by atoms with Crippen molar-refractivity contribution in [2.45, 2.75) is 80.8 Å². The maximum atomic E-state index is 9.27. The van der Waals surface area contributed by atoms with Gasteiger partial charge in [0.15, 0.2) is 0 Å². The Morgan fingerprint density at radius 3 is 0.964 bits per heavy atom. The lowest BCUT2D eigenvalue weighted by atomic mass is 9.99. The fraction of sp³-hybridized carbons (Fsp3) is 0.510. The van der Waals surface area contributed by atoms with Gasteiger partial charge in [-0.25, -0.2) is 0 Å². The van der Waals surface area contributed by atoms with Crippen LogP contribution >= 0.6 is 0 Å². The van der Waals surface area contributed by atoms with Crippen LogP contribution in [0.1, 0.15) is 84.6 Å². The lowest BCUT2D eigenvalue weighted by Crippen LogP contribution is -2.27. The van der Waals surface area contributed by atoms with Crippen molar-refractivity contribution in [3.8, 4) is 22.3 Å². The summed E-state index contributed by atoms with van der Waals surface area (Å²) in [6.45, 7) is 23.8. The zero-order valence-electron chi connectivity index (χ0n) is 36.6. The summed E-state index contributed by atoms with van der Waals surface area (Å²) in [5.74, 6) is 0. The van der Waals surface area contributed by atoms with Gasteiger partial charge in [0.2, 0.25) is 0 Å². The number of rotatable bonds is 15. The maximum Gasteiger partial charge on any atom is 0.0824 e. The van der Waals surface area contributed by atoms with Gasteiger partial charge in [0.1, 0.15) is 0 Å². The van der Waals surface area contributed by atoms with Crippen molar-refractivity contribution in [3.63, 3.8) is 0 Å². The Hall–Kier alpha value is -3.40. The summed E-state index contributed by atoms with van der Waals surface area (Å²) >= 11 is 0. The molecule has 0 radical (unpaired) electrons. The number of fused-ring (bicyclic) bond motifs is 6. The van der Waals surface area contributed by atoms with E-state index in [9.17, 15) is 5.11 Å². The van der Waals surface area contributed by atoms with Crippen molar-refractivity contribution < 1.29 is 33.5 Å². The van der Waals surface area contributed by atoms with Crippen LogP contribution in [0.15, 0.2) is 97.1 Å². The molecule has 0 saturated carbocycles. The van der Waals surface area contributed by atoms with E-state index in [-0.39, 0.29) is 5.41 Å². The molecule has 0 aliphatic heterocycles. The van der Waals surface area contributed by atoms with Crippen molar-refractivity contribution in [2.24, 2.45) is 5.41 Å². The first-order chi connectivity index (χ1) is 27.0. The van der Waals surface area contributed by atoms with E-state index < -0.39 is 5.60 Å². The first-order valence-electron chi connectivity index (χ1n) is 20.4. The van der Waals surface area contributed by atoms with Gasteiger partial charge >= 0.3 is 0 Å². The van der Waals surface area contributed by atoms with E-state index in [4.69, 9.17) is 28.4 Å². The molecule has 2 aliphatic rings. The van der Waals surface area contributed by atoms with Gasteiger partial charge in [-0.2, -0.15) is 0 Å². The summed E-state index contributed by atoms with van der Waals surface area (Å²) in [5.41, 5.74) is 11.0. The maximum absolute atomic E-state index is 9.27. The first kappa shape index (κ1) is 50.6. The molecule has 4 aromatic rings. The average Bonchev–Trinajstić information content (AvgIpc) is 3.77. The lowest BCUT2D eigenvalue weighted by Gasteiger charge is -2.17. The molecule has 6 rings (SSSR count). The quantitative estimate of drug-likeness (QED) is 0.104. The van der Waals surface area contributed by atoms with E-state index >= 15 is 0 Å². The highest BCUT2D eigenvalue weighted by Gasteiger charge is 2.17. The highest BCUT2D eigenvalue weighted by atomic mass is 16.5. The van der Waals surface area contributed by atoms with Crippen molar-refractivity contribution in [2.75, 3.05) is 80.3 Å². The molecule has 0 aromatic heterocycles. The van der Waals surface area contributed by atoms with Crippen LogP contribution in [-0.2, 0) is 41.3 Å². The number of hydrogen-bond acceptors (Lipinski definition) is 7. The van der Waals surface area contributed by atoms with Crippen LogP contribution < -0.4 is 0 Å². The predicted molar refractivity (Wildman–Crippen MR) is 235 cm³/mol. The first-order valence-corrected chi connectivity index (χ1v) is 20.4. The van der Waals surface area contributed by atoms with Gasteiger partial charge in [-0.3, -0.25) is 0 Å². The fourth-order valence-corrected chi connectivity index (χ4v) is 5.58. The van der Waals surface area contributed by atoms with Crippen molar-refractivity contribution in [1.82, 2.24) is 0 Å². The molecule has 7 nitrogen and oxygen atoms in total. The molecular weight excluding hydrogens is 701 g/mol. The van der Waals surface area contributed by atoms with Gasteiger partial charge in [0.25, 0.3) is 0 Å². The van der Waals surface area contributed by atoms with Crippen molar-refractivity contribution in [1.29, 1.82) is 0 Å². The second-order valence-electron chi connectivity index (χ2n) is 14.7. The van der Waals surface area contributed by atoms with E-state index in [2.05, 4.69) is 118 Å². The van der Waals surface area contributed by atoms with Gasteiger partial charge in [0.05, 0.1) is 71.7 Å². The summed E-state index contributed by atoms with van der Waals surface area (Å²) in [6.07, 6.45) is 2.21. The van der Waals surface area contributed by atoms with Crippen LogP contribution in [0.4, 0.5) is 0 Å².